The van der Waals surface area contributed by atoms with Gasteiger partial charge in [0.1, 0.15) is 5.75 Å². The molecule has 1 fully saturated rings. The molecule has 0 amide bonds. The first kappa shape index (κ1) is 14.9. The van der Waals surface area contributed by atoms with E-state index in [4.69, 9.17) is 10.00 Å². The van der Waals surface area contributed by atoms with Crippen LogP contribution in [0.25, 0.3) is 0 Å². The molecule has 0 aliphatic carbocycles. The summed E-state index contributed by atoms with van der Waals surface area (Å²) < 4.78 is 5.98. The molecule has 3 heteroatoms. The fraction of sp³-hybridized carbons (Fsp3) is 0.588. The Morgan fingerprint density at radius 3 is 2.60 bits per heavy atom. The van der Waals surface area contributed by atoms with Crippen LogP contribution in [0, 0.1) is 25.2 Å². The molecule has 3 nitrogen and oxygen atoms in total. The Balaban J connectivity index is 1.93. The Labute approximate surface area is 122 Å². The maximum atomic E-state index is 8.96. The van der Waals surface area contributed by atoms with E-state index < -0.39 is 0 Å². The van der Waals surface area contributed by atoms with E-state index in [2.05, 4.69) is 18.0 Å². The lowest BCUT2D eigenvalue weighted by atomic mass is 10.0. The number of rotatable bonds is 4. The summed E-state index contributed by atoms with van der Waals surface area (Å²) in [6, 6.07) is 6.64. The molecule has 0 bridgehead atoms. The summed E-state index contributed by atoms with van der Waals surface area (Å²) in [4.78, 5) is 2.45. The molecule has 0 radical (unpaired) electrons. The van der Waals surface area contributed by atoms with E-state index in [1.54, 1.807) is 0 Å². The zero-order valence-electron chi connectivity index (χ0n) is 12.8. The largest absolute Gasteiger partial charge is 0.493 e. The zero-order valence-corrected chi connectivity index (χ0v) is 12.8. The Hall–Kier alpha value is -1.53. The van der Waals surface area contributed by atoms with E-state index in [-0.39, 0.29) is 0 Å². The standard InChI is InChI=1S/C17H24N2O/c1-13-10-15(12-18)11-14(2)17(13)20-9-7-16-6-4-5-8-19(16)3/h10-11,16H,4-9H2,1-3H3. The number of nitrogens with zero attached hydrogens (tertiary/aromatic N) is 2. The molecule has 1 aliphatic heterocycles. The number of likely N-dealkylation sites (tertiary alicyclic amines) is 1. The van der Waals surface area contributed by atoms with Gasteiger partial charge < -0.3 is 9.64 Å². The Morgan fingerprint density at radius 2 is 2.00 bits per heavy atom. The molecule has 20 heavy (non-hydrogen) atoms. The van der Waals surface area contributed by atoms with Crippen molar-refractivity contribution in [3.8, 4) is 11.8 Å². The van der Waals surface area contributed by atoms with Gasteiger partial charge in [-0.15, -0.1) is 0 Å². The van der Waals surface area contributed by atoms with Gasteiger partial charge in [0.15, 0.2) is 0 Å². The average molecular weight is 272 g/mol. The Morgan fingerprint density at radius 1 is 1.30 bits per heavy atom. The molecule has 1 aliphatic rings. The van der Waals surface area contributed by atoms with Crippen LogP contribution < -0.4 is 4.74 Å². The number of aryl methyl sites for hydroxylation is 2. The highest BCUT2D eigenvalue weighted by Gasteiger charge is 2.18. The van der Waals surface area contributed by atoms with Crippen LogP contribution in [-0.2, 0) is 0 Å². The maximum Gasteiger partial charge on any atom is 0.125 e. The minimum absolute atomic E-state index is 0.655. The van der Waals surface area contributed by atoms with Crippen molar-refractivity contribution in [2.75, 3.05) is 20.2 Å². The van der Waals surface area contributed by atoms with Crippen molar-refractivity contribution in [1.29, 1.82) is 5.26 Å². The van der Waals surface area contributed by atoms with Crippen LogP contribution in [0.15, 0.2) is 12.1 Å². The summed E-state index contributed by atoms with van der Waals surface area (Å²) in [6.45, 7) is 5.98. The van der Waals surface area contributed by atoms with Crippen LogP contribution in [0.5, 0.6) is 5.75 Å². The van der Waals surface area contributed by atoms with Gasteiger partial charge in [-0.1, -0.05) is 6.42 Å². The van der Waals surface area contributed by atoms with Crippen molar-refractivity contribution >= 4 is 0 Å². The lowest BCUT2D eigenvalue weighted by molar-refractivity contribution is 0.152. The van der Waals surface area contributed by atoms with Crippen LogP contribution in [0.3, 0.4) is 0 Å². The molecule has 108 valence electrons. The number of ether oxygens (including phenoxy) is 1. The van der Waals surface area contributed by atoms with Gasteiger partial charge in [0.05, 0.1) is 18.2 Å². The smallest absolute Gasteiger partial charge is 0.125 e. The van der Waals surface area contributed by atoms with Crippen LogP contribution in [0.1, 0.15) is 42.4 Å². The first-order valence-corrected chi connectivity index (χ1v) is 7.46. The number of hydrogen-bond acceptors (Lipinski definition) is 3. The second-order valence-electron chi connectivity index (χ2n) is 5.82. The predicted octanol–water partition coefficient (Wildman–Crippen LogP) is 3.43. The van der Waals surface area contributed by atoms with E-state index in [1.807, 2.05) is 26.0 Å². The van der Waals surface area contributed by atoms with Crippen LogP contribution in [-0.4, -0.2) is 31.1 Å². The number of piperidine rings is 1. The summed E-state index contributed by atoms with van der Waals surface area (Å²) in [5, 5.41) is 8.96. The van der Waals surface area contributed by atoms with E-state index in [0.29, 0.717) is 11.6 Å². The highest BCUT2D eigenvalue weighted by atomic mass is 16.5. The van der Waals surface area contributed by atoms with Gasteiger partial charge in [0.2, 0.25) is 0 Å². The molecule has 1 aromatic rings. The lowest BCUT2D eigenvalue weighted by Crippen LogP contribution is -2.37. The molecule has 2 rings (SSSR count). The van der Waals surface area contributed by atoms with E-state index in [0.717, 1.165) is 29.9 Å². The van der Waals surface area contributed by atoms with Gasteiger partial charge in [-0.2, -0.15) is 5.26 Å². The molecule has 0 spiro atoms. The van der Waals surface area contributed by atoms with Crippen LogP contribution in [0.2, 0.25) is 0 Å². The first-order valence-electron chi connectivity index (χ1n) is 7.46. The normalized spacial score (nSPS) is 19.6. The molecule has 1 saturated heterocycles. The van der Waals surface area contributed by atoms with E-state index in [9.17, 15) is 0 Å². The van der Waals surface area contributed by atoms with Crippen molar-refractivity contribution < 1.29 is 4.74 Å². The van der Waals surface area contributed by atoms with Gasteiger partial charge in [-0.05, 0) is 70.0 Å². The fourth-order valence-corrected chi connectivity index (χ4v) is 3.05. The third kappa shape index (κ3) is 3.52. The van der Waals surface area contributed by atoms with Gasteiger partial charge >= 0.3 is 0 Å². The SMILES string of the molecule is Cc1cc(C#N)cc(C)c1OCCC1CCCCN1C. The summed E-state index contributed by atoms with van der Waals surface area (Å²) in [7, 11) is 2.21. The molecule has 0 N–H and O–H groups in total. The molecule has 1 unspecified atom stereocenters. The third-order valence-corrected chi connectivity index (χ3v) is 4.21. The molecular formula is C17H24N2O. The minimum atomic E-state index is 0.655. The molecule has 1 atom stereocenters. The average Bonchev–Trinajstić information content (AvgIpc) is 2.43. The number of hydrogen-bond donors (Lipinski definition) is 0. The second-order valence-corrected chi connectivity index (χ2v) is 5.82. The van der Waals surface area contributed by atoms with Crippen molar-refractivity contribution in [3.05, 3.63) is 28.8 Å². The molecular weight excluding hydrogens is 248 g/mol. The zero-order chi connectivity index (χ0) is 14.5. The van der Waals surface area contributed by atoms with Crippen molar-refractivity contribution in [3.63, 3.8) is 0 Å². The van der Waals surface area contributed by atoms with Gasteiger partial charge in [0, 0.05) is 6.04 Å². The van der Waals surface area contributed by atoms with Crippen LogP contribution in [0.4, 0.5) is 0 Å². The maximum absolute atomic E-state index is 8.96. The highest BCUT2D eigenvalue weighted by Crippen LogP contribution is 2.25. The second kappa shape index (κ2) is 6.76. The molecule has 1 heterocycles. The number of nitriles is 1. The highest BCUT2D eigenvalue weighted by molar-refractivity contribution is 5.47. The quantitative estimate of drug-likeness (QED) is 0.842. The molecule has 0 saturated carbocycles. The predicted molar refractivity (Wildman–Crippen MR) is 81.0 cm³/mol. The van der Waals surface area contributed by atoms with Crippen molar-refractivity contribution in [2.45, 2.75) is 45.6 Å². The molecule has 1 aromatic carbocycles. The topological polar surface area (TPSA) is 36.3 Å². The van der Waals surface area contributed by atoms with Crippen LogP contribution >= 0.6 is 0 Å². The first-order chi connectivity index (χ1) is 9.61. The monoisotopic (exact) mass is 272 g/mol. The van der Waals surface area contributed by atoms with Gasteiger partial charge in [-0.3, -0.25) is 0 Å². The summed E-state index contributed by atoms with van der Waals surface area (Å²) in [6.07, 6.45) is 5.02. The summed E-state index contributed by atoms with van der Waals surface area (Å²) >= 11 is 0. The third-order valence-electron chi connectivity index (χ3n) is 4.21. The Kier molecular flexibility index (Phi) is 5.03. The summed E-state index contributed by atoms with van der Waals surface area (Å²) in [5.74, 6) is 0.947. The van der Waals surface area contributed by atoms with Crippen molar-refractivity contribution in [1.82, 2.24) is 4.90 Å². The Bertz CT molecular complexity index is 481. The van der Waals surface area contributed by atoms with E-state index in [1.165, 1.54) is 25.8 Å². The minimum Gasteiger partial charge on any atom is -0.493 e. The molecule has 0 aromatic heterocycles. The van der Waals surface area contributed by atoms with Gasteiger partial charge in [0.25, 0.3) is 0 Å². The summed E-state index contributed by atoms with van der Waals surface area (Å²) in [5.41, 5.74) is 2.82. The lowest BCUT2D eigenvalue weighted by Gasteiger charge is -2.32. The van der Waals surface area contributed by atoms with Gasteiger partial charge in [-0.25, -0.2) is 0 Å². The fourth-order valence-electron chi connectivity index (χ4n) is 3.05. The van der Waals surface area contributed by atoms with Crippen molar-refractivity contribution in [2.24, 2.45) is 0 Å². The number of benzene rings is 1. The van der Waals surface area contributed by atoms with E-state index >= 15 is 0 Å².